The molecule has 3 aliphatic carbocycles. The van der Waals surface area contributed by atoms with Crippen LogP contribution in [0, 0.1) is 17.8 Å². The number of ether oxygens (including phenoxy) is 2. The van der Waals surface area contributed by atoms with Gasteiger partial charge in [-0.3, -0.25) is 9.69 Å². The molecule has 0 amide bonds. The highest BCUT2D eigenvalue weighted by atomic mass is 16.5. The lowest BCUT2D eigenvalue weighted by molar-refractivity contribution is -0.0727. The number of hydrogen-bond acceptors (Lipinski definition) is 4. The first-order chi connectivity index (χ1) is 12.2. The molecule has 2 bridgehead atoms. The number of carbonyl (C=O) groups excluding carboxylic acids is 1. The Morgan fingerprint density at radius 1 is 1.16 bits per heavy atom. The van der Waals surface area contributed by atoms with Gasteiger partial charge in [-0.15, -0.1) is 0 Å². The number of morpholine rings is 1. The maximum Gasteiger partial charge on any atom is 0.183 e. The molecule has 5 rings (SSSR count). The van der Waals surface area contributed by atoms with Crippen LogP contribution in [0.15, 0.2) is 36.4 Å². The van der Waals surface area contributed by atoms with Crippen molar-refractivity contribution in [2.45, 2.75) is 25.3 Å². The van der Waals surface area contributed by atoms with Gasteiger partial charge in [0.25, 0.3) is 0 Å². The average molecular weight is 341 g/mol. The van der Waals surface area contributed by atoms with E-state index in [1.807, 2.05) is 24.3 Å². The number of Topliss-reactive ketones (excluding diaryl/α,β-unsaturated/α-hetero) is 1. The van der Waals surface area contributed by atoms with Crippen LogP contribution in [0.3, 0.4) is 0 Å². The smallest absolute Gasteiger partial charge is 0.183 e. The van der Waals surface area contributed by atoms with Gasteiger partial charge in [-0.1, -0.05) is 19.1 Å². The van der Waals surface area contributed by atoms with Crippen LogP contribution in [0.4, 0.5) is 0 Å². The molecule has 1 aromatic carbocycles. The van der Waals surface area contributed by atoms with Crippen LogP contribution >= 0.6 is 0 Å². The van der Waals surface area contributed by atoms with Crippen molar-refractivity contribution < 1.29 is 14.3 Å². The summed E-state index contributed by atoms with van der Waals surface area (Å²) < 4.78 is 10.8. The molecular formula is C21H27NO3. The SMILES string of the molecule is COc1ccc(C(=O)C2(N3CCOCC3)C3C=CC(CC3)C2C)cc1. The number of methoxy groups -OCH3 is 1. The van der Waals surface area contributed by atoms with Crippen LogP contribution in [0.1, 0.15) is 30.1 Å². The molecule has 4 aliphatic rings. The van der Waals surface area contributed by atoms with E-state index >= 15 is 0 Å². The third kappa shape index (κ3) is 2.54. The van der Waals surface area contributed by atoms with Gasteiger partial charge in [0.1, 0.15) is 5.75 Å². The van der Waals surface area contributed by atoms with Gasteiger partial charge in [-0.25, -0.2) is 0 Å². The fraction of sp³-hybridized carbons (Fsp3) is 0.571. The average Bonchev–Trinajstić information content (AvgIpc) is 2.69. The van der Waals surface area contributed by atoms with E-state index in [2.05, 4.69) is 24.0 Å². The lowest BCUT2D eigenvalue weighted by Gasteiger charge is -2.58. The summed E-state index contributed by atoms with van der Waals surface area (Å²) in [6.45, 7) is 5.38. The molecule has 0 spiro atoms. The first-order valence-corrected chi connectivity index (χ1v) is 9.38. The highest BCUT2D eigenvalue weighted by Gasteiger charge is 2.58. The van der Waals surface area contributed by atoms with E-state index in [0.29, 0.717) is 31.0 Å². The number of fused-ring (bicyclic) bond motifs is 2. The number of rotatable bonds is 4. The topological polar surface area (TPSA) is 38.8 Å². The summed E-state index contributed by atoms with van der Waals surface area (Å²) >= 11 is 0. The van der Waals surface area contributed by atoms with Gasteiger partial charge in [0.05, 0.1) is 25.9 Å². The summed E-state index contributed by atoms with van der Waals surface area (Å²) in [5, 5.41) is 0. The molecule has 1 aromatic rings. The van der Waals surface area contributed by atoms with Crippen molar-refractivity contribution in [3.8, 4) is 5.75 Å². The predicted molar refractivity (Wildman–Crippen MR) is 97.0 cm³/mol. The molecule has 2 fully saturated rings. The summed E-state index contributed by atoms with van der Waals surface area (Å²) in [7, 11) is 1.65. The van der Waals surface area contributed by atoms with Crippen LogP contribution in [0.5, 0.6) is 5.75 Å². The Morgan fingerprint density at radius 3 is 2.44 bits per heavy atom. The predicted octanol–water partition coefficient (Wildman–Crippen LogP) is 3.18. The molecule has 1 saturated heterocycles. The van der Waals surface area contributed by atoms with Gasteiger partial charge in [-0.2, -0.15) is 0 Å². The Balaban J connectivity index is 1.77. The molecule has 0 N–H and O–H groups in total. The minimum absolute atomic E-state index is 0.267. The normalized spacial score (nSPS) is 34.9. The lowest BCUT2D eigenvalue weighted by Crippen LogP contribution is -2.68. The molecule has 1 heterocycles. The highest BCUT2D eigenvalue weighted by Crippen LogP contribution is 2.52. The zero-order valence-electron chi connectivity index (χ0n) is 15.1. The van der Waals surface area contributed by atoms with Crippen LogP contribution in [0.2, 0.25) is 0 Å². The molecule has 1 saturated carbocycles. The summed E-state index contributed by atoms with van der Waals surface area (Å²) in [6.07, 6.45) is 6.96. The van der Waals surface area contributed by atoms with Crippen molar-refractivity contribution in [2.75, 3.05) is 33.4 Å². The van der Waals surface area contributed by atoms with Crippen molar-refractivity contribution in [2.24, 2.45) is 17.8 Å². The number of ketones is 1. The van der Waals surface area contributed by atoms with E-state index in [0.717, 1.165) is 30.8 Å². The van der Waals surface area contributed by atoms with E-state index in [-0.39, 0.29) is 5.78 Å². The first kappa shape index (κ1) is 16.8. The highest BCUT2D eigenvalue weighted by molar-refractivity contribution is 6.04. The summed E-state index contributed by atoms with van der Waals surface area (Å²) in [5.41, 5.74) is 0.357. The molecule has 0 radical (unpaired) electrons. The van der Waals surface area contributed by atoms with Crippen molar-refractivity contribution in [3.63, 3.8) is 0 Å². The standard InChI is InChI=1S/C21H27NO3/c1-15-16-3-7-18(8-4-16)21(15,22-11-13-25-14-12-22)20(23)17-5-9-19(24-2)10-6-17/h3,5-7,9-10,15-16,18H,4,8,11-14H2,1-2H3. The molecule has 0 aromatic heterocycles. The fourth-order valence-corrected chi connectivity index (χ4v) is 5.24. The van der Waals surface area contributed by atoms with Gasteiger partial charge in [-0.05, 0) is 48.9 Å². The van der Waals surface area contributed by atoms with Gasteiger partial charge < -0.3 is 9.47 Å². The van der Waals surface area contributed by atoms with Gasteiger partial charge in [0, 0.05) is 24.6 Å². The third-order valence-electron chi connectivity index (χ3n) is 6.55. The second-order valence-corrected chi connectivity index (χ2v) is 7.50. The monoisotopic (exact) mass is 341 g/mol. The number of nitrogens with zero attached hydrogens (tertiary/aromatic N) is 1. The minimum atomic E-state index is -0.434. The van der Waals surface area contributed by atoms with E-state index in [1.54, 1.807) is 7.11 Å². The first-order valence-electron chi connectivity index (χ1n) is 9.38. The van der Waals surface area contributed by atoms with E-state index < -0.39 is 5.54 Å². The molecular weight excluding hydrogens is 314 g/mol. The summed E-state index contributed by atoms with van der Waals surface area (Å²) in [6, 6.07) is 7.62. The third-order valence-corrected chi connectivity index (χ3v) is 6.55. The molecule has 134 valence electrons. The van der Waals surface area contributed by atoms with Gasteiger partial charge >= 0.3 is 0 Å². The Bertz CT molecular complexity index is 662. The number of allylic oxidation sites excluding steroid dienone is 1. The van der Waals surface area contributed by atoms with Crippen molar-refractivity contribution in [1.29, 1.82) is 0 Å². The molecule has 25 heavy (non-hydrogen) atoms. The second kappa shape index (κ2) is 6.58. The van der Waals surface area contributed by atoms with Crippen LogP contribution in [-0.2, 0) is 4.74 Å². The Labute approximate surface area is 149 Å². The zero-order chi connectivity index (χ0) is 17.4. The Hall–Kier alpha value is -1.65. The quantitative estimate of drug-likeness (QED) is 0.623. The molecule has 4 nitrogen and oxygen atoms in total. The van der Waals surface area contributed by atoms with Crippen LogP contribution in [-0.4, -0.2) is 49.6 Å². The zero-order valence-corrected chi connectivity index (χ0v) is 15.1. The Morgan fingerprint density at radius 2 is 1.88 bits per heavy atom. The minimum Gasteiger partial charge on any atom is -0.497 e. The largest absolute Gasteiger partial charge is 0.497 e. The van der Waals surface area contributed by atoms with Gasteiger partial charge in [0.15, 0.2) is 5.78 Å². The van der Waals surface area contributed by atoms with Crippen LogP contribution < -0.4 is 4.74 Å². The maximum atomic E-state index is 13.9. The molecule has 4 heteroatoms. The number of benzene rings is 1. The summed E-state index contributed by atoms with van der Waals surface area (Å²) in [5.74, 6) is 2.16. The summed E-state index contributed by atoms with van der Waals surface area (Å²) in [4.78, 5) is 16.3. The van der Waals surface area contributed by atoms with E-state index in [9.17, 15) is 4.79 Å². The maximum absolute atomic E-state index is 13.9. The van der Waals surface area contributed by atoms with Gasteiger partial charge in [0.2, 0.25) is 0 Å². The van der Waals surface area contributed by atoms with Crippen LogP contribution in [0.25, 0.3) is 0 Å². The van der Waals surface area contributed by atoms with Crippen molar-refractivity contribution in [3.05, 3.63) is 42.0 Å². The number of hydrogen-bond donors (Lipinski definition) is 0. The number of carbonyl (C=O) groups is 1. The molecule has 4 unspecified atom stereocenters. The molecule has 4 atom stereocenters. The lowest BCUT2D eigenvalue weighted by atomic mass is 9.55. The molecule has 1 aliphatic heterocycles. The Kier molecular flexibility index (Phi) is 4.42. The fourth-order valence-electron chi connectivity index (χ4n) is 5.24. The second-order valence-electron chi connectivity index (χ2n) is 7.50. The van der Waals surface area contributed by atoms with Crippen molar-refractivity contribution in [1.82, 2.24) is 4.90 Å². The van der Waals surface area contributed by atoms with Crippen molar-refractivity contribution >= 4 is 5.78 Å². The van der Waals surface area contributed by atoms with E-state index in [1.165, 1.54) is 6.42 Å². The van der Waals surface area contributed by atoms with E-state index in [4.69, 9.17) is 9.47 Å².